The van der Waals surface area contributed by atoms with Crippen molar-refractivity contribution in [3.05, 3.63) is 18.0 Å². The lowest BCUT2D eigenvalue weighted by Crippen LogP contribution is -2.26. The Hall–Kier alpha value is -0.500. The Balaban J connectivity index is 1.62. The van der Waals surface area contributed by atoms with Gasteiger partial charge in [0.05, 0.1) is 11.7 Å². The molecule has 2 aliphatic rings. The maximum atomic E-state index is 6.50. The molecule has 3 heteroatoms. The van der Waals surface area contributed by atoms with Crippen LogP contribution in [0.2, 0.25) is 0 Å². The quantitative estimate of drug-likeness (QED) is 0.741. The highest BCUT2D eigenvalue weighted by molar-refractivity contribution is 6.20. The summed E-state index contributed by atoms with van der Waals surface area (Å²) in [6, 6.07) is 2.87. The van der Waals surface area contributed by atoms with Crippen LogP contribution in [0.3, 0.4) is 0 Å². The van der Waals surface area contributed by atoms with E-state index in [0.29, 0.717) is 17.3 Å². The number of halogens is 1. The largest absolute Gasteiger partial charge is 0.269 e. The molecule has 0 saturated heterocycles. The molecule has 0 N–H and O–H groups in total. The van der Waals surface area contributed by atoms with Gasteiger partial charge in [-0.1, -0.05) is 19.8 Å². The fourth-order valence-electron chi connectivity index (χ4n) is 3.80. The minimum atomic E-state index is 0.354. The van der Waals surface area contributed by atoms with Gasteiger partial charge >= 0.3 is 0 Å². The Morgan fingerprint density at radius 2 is 2.05 bits per heavy atom. The number of nitrogens with zero attached hydrogens (tertiary/aromatic N) is 2. The third-order valence-electron chi connectivity index (χ3n) is 4.99. The topological polar surface area (TPSA) is 17.8 Å². The summed E-state index contributed by atoms with van der Waals surface area (Å²) in [5, 5.41) is 5.16. The molecule has 106 valence electrons. The zero-order valence-corrected chi connectivity index (χ0v) is 12.6. The molecule has 1 aromatic rings. The van der Waals surface area contributed by atoms with E-state index >= 15 is 0 Å². The van der Waals surface area contributed by atoms with Gasteiger partial charge in [-0.25, -0.2) is 0 Å². The molecule has 3 unspecified atom stereocenters. The van der Waals surface area contributed by atoms with Crippen LogP contribution in [0.5, 0.6) is 0 Å². The second-order valence-corrected chi connectivity index (χ2v) is 7.18. The van der Waals surface area contributed by atoms with Crippen LogP contribution >= 0.6 is 11.6 Å². The van der Waals surface area contributed by atoms with E-state index in [9.17, 15) is 0 Å². The van der Waals surface area contributed by atoms with Crippen molar-refractivity contribution in [2.75, 3.05) is 0 Å². The lowest BCUT2D eigenvalue weighted by atomic mass is 9.80. The van der Waals surface area contributed by atoms with E-state index < -0.39 is 0 Å². The van der Waals surface area contributed by atoms with Crippen LogP contribution < -0.4 is 0 Å². The van der Waals surface area contributed by atoms with Crippen LogP contribution in [-0.2, 0) is 6.42 Å². The van der Waals surface area contributed by atoms with Gasteiger partial charge in [-0.15, -0.1) is 11.6 Å². The molecular weight excluding hydrogens is 256 g/mol. The zero-order chi connectivity index (χ0) is 13.2. The van der Waals surface area contributed by atoms with Gasteiger partial charge in [0.15, 0.2) is 0 Å². The number of aromatic nitrogens is 2. The standard InChI is InChI=1S/C16H25ClN2/c1-12-6-7-16(17)13(10-12)11-14-8-9-19(18-14)15-4-2-3-5-15/h8-9,12-13,15-16H,2-7,10-11H2,1H3. The summed E-state index contributed by atoms with van der Waals surface area (Å²) in [5.74, 6) is 1.45. The molecule has 19 heavy (non-hydrogen) atoms. The van der Waals surface area contributed by atoms with Crippen LogP contribution in [0.15, 0.2) is 12.3 Å². The molecule has 1 heterocycles. The molecule has 3 atom stereocenters. The number of hydrogen-bond acceptors (Lipinski definition) is 1. The smallest absolute Gasteiger partial charge is 0.0628 e. The summed E-state index contributed by atoms with van der Waals surface area (Å²) in [4.78, 5) is 0. The van der Waals surface area contributed by atoms with Crippen LogP contribution in [0, 0.1) is 11.8 Å². The average molecular weight is 281 g/mol. The van der Waals surface area contributed by atoms with E-state index in [1.165, 1.54) is 50.6 Å². The third-order valence-corrected chi connectivity index (χ3v) is 5.56. The molecule has 0 bridgehead atoms. The van der Waals surface area contributed by atoms with Gasteiger partial charge < -0.3 is 0 Å². The van der Waals surface area contributed by atoms with Crippen molar-refractivity contribution in [1.82, 2.24) is 9.78 Å². The Labute approximate surface area is 121 Å². The predicted molar refractivity (Wildman–Crippen MR) is 79.6 cm³/mol. The van der Waals surface area contributed by atoms with E-state index in [1.807, 2.05) is 0 Å². The molecule has 3 rings (SSSR count). The first-order chi connectivity index (χ1) is 9.22. The van der Waals surface area contributed by atoms with E-state index in [1.54, 1.807) is 0 Å². The van der Waals surface area contributed by atoms with Crippen LogP contribution in [0.4, 0.5) is 0 Å². The maximum Gasteiger partial charge on any atom is 0.0628 e. The molecule has 0 aromatic carbocycles. The van der Waals surface area contributed by atoms with Crippen LogP contribution in [-0.4, -0.2) is 15.2 Å². The molecule has 0 amide bonds. The first-order valence-corrected chi connectivity index (χ1v) is 8.34. The Morgan fingerprint density at radius 3 is 2.84 bits per heavy atom. The van der Waals surface area contributed by atoms with Crippen molar-refractivity contribution in [2.24, 2.45) is 11.8 Å². The van der Waals surface area contributed by atoms with Gasteiger partial charge in [-0.05, 0) is 56.4 Å². The van der Waals surface area contributed by atoms with Crippen molar-refractivity contribution in [3.63, 3.8) is 0 Å². The van der Waals surface area contributed by atoms with Gasteiger partial charge in [0.25, 0.3) is 0 Å². The minimum Gasteiger partial charge on any atom is -0.269 e. The predicted octanol–water partition coefficient (Wildman–Crippen LogP) is 4.58. The summed E-state index contributed by atoms with van der Waals surface area (Å²) in [5.41, 5.74) is 1.25. The van der Waals surface area contributed by atoms with E-state index in [4.69, 9.17) is 16.7 Å². The molecule has 0 aliphatic heterocycles. The Bertz CT molecular complexity index is 409. The lowest BCUT2D eigenvalue weighted by Gasteiger charge is -2.30. The molecule has 2 saturated carbocycles. The number of rotatable bonds is 3. The first-order valence-electron chi connectivity index (χ1n) is 7.90. The summed E-state index contributed by atoms with van der Waals surface area (Å²) < 4.78 is 2.21. The third kappa shape index (κ3) is 3.16. The summed E-state index contributed by atoms with van der Waals surface area (Å²) in [6.07, 6.45) is 12.3. The minimum absolute atomic E-state index is 0.354. The molecule has 0 spiro atoms. The molecule has 2 aliphatic carbocycles. The second kappa shape index (κ2) is 5.87. The SMILES string of the molecule is CC1CCC(Cl)C(Cc2ccn(C3CCCC3)n2)C1. The van der Waals surface area contributed by atoms with Gasteiger partial charge in [-0.2, -0.15) is 5.10 Å². The number of hydrogen-bond donors (Lipinski definition) is 0. The van der Waals surface area contributed by atoms with E-state index in [0.717, 1.165) is 12.3 Å². The van der Waals surface area contributed by atoms with Gasteiger partial charge in [0.2, 0.25) is 0 Å². The molecular formula is C16H25ClN2. The zero-order valence-electron chi connectivity index (χ0n) is 11.9. The maximum absolute atomic E-state index is 6.50. The first kappa shape index (κ1) is 13.5. The summed E-state index contributed by atoms with van der Waals surface area (Å²) in [7, 11) is 0. The molecule has 2 nitrogen and oxygen atoms in total. The fraction of sp³-hybridized carbons (Fsp3) is 0.812. The van der Waals surface area contributed by atoms with E-state index in [-0.39, 0.29) is 0 Å². The molecule has 1 aromatic heterocycles. The van der Waals surface area contributed by atoms with Gasteiger partial charge in [-0.3, -0.25) is 4.68 Å². The number of alkyl halides is 1. The summed E-state index contributed by atoms with van der Waals surface area (Å²) in [6.45, 7) is 2.35. The Morgan fingerprint density at radius 1 is 1.26 bits per heavy atom. The second-order valence-electron chi connectivity index (χ2n) is 6.62. The Kier molecular flexibility index (Phi) is 4.16. The highest BCUT2D eigenvalue weighted by Gasteiger charge is 2.28. The van der Waals surface area contributed by atoms with Gasteiger partial charge in [0, 0.05) is 11.6 Å². The van der Waals surface area contributed by atoms with E-state index in [2.05, 4.69) is 23.9 Å². The molecule has 0 radical (unpaired) electrons. The lowest BCUT2D eigenvalue weighted by molar-refractivity contribution is 0.285. The highest BCUT2D eigenvalue weighted by atomic mass is 35.5. The van der Waals surface area contributed by atoms with Crippen molar-refractivity contribution >= 4 is 11.6 Å². The van der Waals surface area contributed by atoms with Crippen molar-refractivity contribution in [3.8, 4) is 0 Å². The summed E-state index contributed by atoms with van der Waals surface area (Å²) >= 11 is 6.50. The van der Waals surface area contributed by atoms with Crippen molar-refractivity contribution in [2.45, 2.75) is 69.7 Å². The normalized spacial score (nSPS) is 32.8. The highest BCUT2D eigenvalue weighted by Crippen LogP contribution is 2.35. The van der Waals surface area contributed by atoms with Crippen molar-refractivity contribution in [1.29, 1.82) is 0 Å². The van der Waals surface area contributed by atoms with Crippen LogP contribution in [0.25, 0.3) is 0 Å². The van der Waals surface area contributed by atoms with Crippen LogP contribution in [0.1, 0.15) is 63.6 Å². The van der Waals surface area contributed by atoms with Crippen molar-refractivity contribution < 1.29 is 0 Å². The fourth-order valence-corrected chi connectivity index (χ4v) is 4.12. The molecule has 2 fully saturated rings. The monoisotopic (exact) mass is 280 g/mol. The van der Waals surface area contributed by atoms with Gasteiger partial charge in [0.1, 0.15) is 0 Å². The average Bonchev–Trinajstić information content (AvgIpc) is 3.04.